The van der Waals surface area contributed by atoms with Crippen LogP contribution in [0.4, 0.5) is 0 Å². The number of fused-ring (bicyclic) bond motifs is 6. The lowest BCUT2D eigenvalue weighted by atomic mass is 9.90. The third kappa shape index (κ3) is 2.27. The molecule has 0 amide bonds. The van der Waals surface area contributed by atoms with Gasteiger partial charge in [-0.2, -0.15) is 0 Å². The molecule has 28 heavy (non-hydrogen) atoms. The van der Waals surface area contributed by atoms with E-state index in [1.165, 1.54) is 7.11 Å². The molecule has 1 aromatic heterocycles. The third-order valence-corrected chi connectivity index (χ3v) is 5.70. The summed E-state index contributed by atoms with van der Waals surface area (Å²) in [6.07, 6.45) is -0.813. The number of phenols is 1. The van der Waals surface area contributed by atoms with E-state index in [0.717, 1.165) is 0 Å². The van der Waals surface area contributed by atoms with Crippen LogP contribution in [0.1, 0.15) is 31.4 Å². The van der Waals surface area contributed by atoms with Crippen LogP contribution in [0.25, 0.3) is 21.9 Å². The molecule has 0 radical (unpaired) electrons. The van der Waals surface area contributed by atoms with E-state index in [1.54, 1.807) is 25.1 Å². The minimum Gasteiger partial charge on any atom is -0.506 e. The predicted molar refractivity (Wildman–Crippen MR) is 101 cm³/mol. The number of hydrogen-bond donors (Lipinski definition) is 2. The number of aliphatic hydroxyl groups is 1. The van der Waals surface area contributed by atoms with E-state index < -0.39 is 23.4 Å². The number of benzene rings is 2. The Morgan fingerprint density at radius 2 is 2.11 bits per heavy atom. The Kier molecular flexibility index (Phi) is 3.62. The van der Waals surface area contributed by atoms with Crippen LogP contribution in [0.2, 0.25) is 5.02 Å². The number of rotatable bonds is 1. The minimum atomic E-state index is -1.08. The van der Waals surface area contributed by atoms with Crippen LogP contribution in [0, 0.1) is 0 Å². The Bertz CT molecular complexity index is 1200. The van der Waals surface area contributed by atoms with Crippen LogP contribution in [-0.2, 0) is 4.74 Å². The molecule has 5 rings (SSSR count). The number of halogens is 1. The SMILES string of the molecule is COc1cccc2oc3c(Cl)c4c(c(O)c3c(=O)c12)[C@@H]1C[C@@H](O)C[C@](C)(O4)O1. The monoisotopic (exact) mass is 404 g/mol. The predicted octanol–water partition coefficient (Wildman–Crippen LogP) is 3.63. The second-order valence-corrected chi connectivity index (χ2v) is 7.69. The maximum absolute atomic E-state index is 13.2. The maximum Gasteiger partial charge on any atom is 0.210 e. The average molecular weight is 405 g/mol. The molecule has 0 unspecified atom stereocenters. The second kappa shape index (κ2) is 5.76. The van der Waals surface area contributed by atoms with Crippen molar-refractivity contribution >= 4 is 33.5 Å². The molecular formula is C20H17ClO7. The fourth-order valence-corrected chi connectivity index (χ4v) is 4.50. The second-order valence-electron chi connectivity index (χ2n) is 7.31. The van der Waals surface area contributed by atoms with Crippen molar-refractivity contribution in [3.63, 3.8) is 0 Å². The van der Waals surface area contributed by atoms with Gasteiger partial charge in [-0.05, 0) is 12.1 Å². The summed E-state index contributed by atoms with van der Waals surface area (Å²) in [4.78, 5) is 13.2. The first-order valence-corrected chi connectivity index (χ1v) is 9.23. The Balaban J connectivity index is 1.91. The van der Waals surface area contributed by atoms with Gasteiger partial charge < -0.3 is 28.8 Å². The minimum absolute atomic E-state index is 0.0350. The Hall–Kier alpha value is -2.48. The summed E-state index contributed by atoms with van der Waals surface area (Å²) in [5.41, 5.74) is 0.0932. The number of methoxy groups -OCH3 is 1. The Labute approximate surface area is 164 Å². The standard InChI is InChI=1S/C20H17ClO7/c1-20-7-8(22)6-11(27-20)13-17(24)14-16(23)12-9(25-2)4-3-5-10(12)26-18(14)15(21)19(13)28-20/h3-5,8,11,22,24H,6-7H2,1-2H3/t8-,11+,20+/m1/s1. The molecular weight excluding hydrogens is 388 g/mol. The summed E-state index contributed by atoms with van der Waals surface area (Å²) >= 11 is 6.57. The molecule has 3 aromatic rings. The number of aromatic hydroxyl groups is 1. The zero-order chi connectivity index (χ0) is 19.8. The molecule has 2 aliphatic rings. The lowest BCUT2D eigenvalue weighted by molar-refractivity contribution is -0.263. The van der Waals surface area contributed by atoms with Crippen molar-refractivity contribution in [3.8, 4) is 17.2 Å². The van der Waals surface area contributed by atoms with Crippen LogP contribution in [0.3, 0.4) is 0 Å². The molecule has 0 spiro atoms. The molecule has 0 aliphatic carbocycles. The van der Waals surface area contributed by atoms with Crippen LogP contribution >= 0.6 is 11.6 Å². The number of hydrogen-bond acceptors (Lipinski definition) is 7. The largest absolute Gasteiger partial charge is 0.506 e. The highest BCUT2D eigenvalue weighted by molar-refractivity contribution is 6.37. The van der Waals surface area contributed by atoms with Gasteiger partial charge in [-0.1, -0.05) is 17.7 Å². The normalized spacial score (nSPS) is 26.1. The highest BCUT2D eigenvalue weighted by Gasteiger charge is 2.48. The molecule has 3 atom stereocenters. The third-order valence-electron chi connectivity index (χ3n) is 5.36. The van der Waals surface area contributed by atoms with Crippen molar-refractivity contribution in [2.24, 2.45) is 0 Å². The summed E-state index contributed by atoms with van der Waals surface area (Å²) in [5.74, 6) is -0.867. The maximum atomic E-state index is 13.2. The van der Waals surface area contributed by atoms with Crippen molar-refractivity contribution in [2.45, 2.75) is 37.8 Å². The number of phenolic OH excluding ortho intramolecular Hbond substituents is 1. The van der Waals surface area contributed by atoms with Gasteiger partial charge in [0.15, 0.2) is 11.3 Å². The zero-order valence-electron chi connectivity index (χ0n) is 15.1. The first-order valence-electron chi connectivity index (χ1n) is 8.85. The molecule has 3 heterocycles. The van der Waals surface area contributed by atoms with Crippen molar-refractivity contribution < 1.29 is 28.8 Å². The van der Waals surface area contributed by atoms with Crippen LogP contribution in [0.5, 0.6) is 17.2 Å². The molecule has 2 aliphatic heterocycles. The van der Waals surface area contributed by atoms with E-state index in [9.17, 15) is 15.0 Å². The van der Waals surface area contributed by atoms with Gasteiger partial charge >= 0.3 is 0 Å². The van der Waals surface area contributed by atoms with Gasteiger partial charge in [-0.3, -0.25) is 4.79 Å². The molecule has 1 saturated heterocycles. The smallest absolute Gasteiger partial charge is 0.210 e. The van der Waals surface area contributed by atoms with E-state index in [4.69, 9.17) is 30.2 Å². The van der Waals surface area contributed by atoms with Crippen molar-refractivity contribution in [1.29, 1.82) is 0 Å². The van der Waals surface area contributed by atoms with E-state index in [0.29, 0.717) is 5.75 Å². The van der Waals surface area contributed by atoms with Gasteiger partial charge in [0, 0.05) is 19.8 Å². The van der Waals surface area contributed by atoms with Gasteiger partial charge in [0.1, 0.15) is 32.9 Å². The summed E-state index contributed by atoms with van der Waals surface area (Å²) in [7, 11) is 1.45. The van der Waals surface area contributed by atoms with Crippen LogP contribution < -0.4 is 14.9 Å². The molecule has 0 saturated carbocycles. The summed E-state index contributed by atoms with van der Waals surface area (Å²) < 4.78 is 23.0. The van der Waals surface area contributed by atoms with Gasteiger partial charge in [-0.15, -0.1) is 0 Å². The van der Waals surface area contributed by atoms with Crippen LogP contribution in [0.15, 0.2) is 27.4 Å². The molecule has 146 valence electrons. The summed E-state index contributed by atoms with van der Waals surface area (Å²) in [6.45, 7) is 1.70. The van der Waals surface area contributed by atoms with Crippen molar-refractivity contribution in [3.05, 3.63) is 39.0 Å². The highest BCUT2D eigenvalue weighted by Crippen LogP contribution is 2.55. The molecule has 7 nitrogen and oxygen atoms in total. The average Bonchev–Trinajstić information content (AvgIpc) is 2.63. The van der Waals surface area contributed by atoms with E-state index in [1.807, 2.05) is 0 Å². The number of ether oxygens (including phenoxy) is 3. The van der Waals surface area contributed by atoms with Gasteiger partial charge in [0.25, 0.3) is 0 Å². The van der Waals surface area contributed by atoms with Crippen LogP contribution in [-0.4, -0.2) is 29.2 Å². The molecule has 2 N–H and O–H groups in total. The van der Waals surface area contributed by atoms with E-state index in [2.05, 4.69) is 0 Å². The molecule has 8 heteroatoms. The van der Waals surface area contributed by atoms with E-state index >= 15 is 0 Å². The van der Waals surface area contributed by atoms with Crippen molar-refractivity contribution in [1.82, 2.24) is 0 Å². The molecule has 2 aromatic carbocycles. The zero-order valence-corrected chi connectivity index (χ0v) is 15.9. The van der Waals surface area contributed by atoms with E-state index in [-0.39, 0.29) is 56.9 Å². The van der Waals surface area contributed by atoms with Crippen molar-refractivity contribution in [2.75, 3.05) is 7.11 Å². The fraction of sp³-hybridized carbons (Fsp3) is 0.350. The quantitative estimate of drug-likeness (QED) is 0.597. The Morgan fingerprint density at radius 3 is 2.86 bits per heavy atom. The summed E-state index contributed by atoms with van der Waals surface area (Å²) in [5, 5.41) is 21.4. The van der Waals surface area contributed by atoms with Gasteiger partial charge in [-0.25, -0.2) is 0 Å². The lowest BCUT2D eigenvalue weighted by Crippen LogP contribution is -2.48. The van der Waals surface area contributed by atoms with Gasteiger partial charge in [0.2, 0.25) is 11.2 Å². The number of aliphatic hydroxyl groups excluding tert-OH is 1. The first kappa shape index (κ1) is 17.6. The lowest BCUT2D eigenvalue weighted by Gasteiger charge is -2.45. The first-order chi connectivity index (χ1) is 13.3. The highest BCUT2D eigenvalue weighted by atomic mass is 35.5. The fourth-order valence-electron chi connectivity index (χ4n) is 4.22. The summed E-state index contributed by atoms with van der Waals surface area (Å²) in [6, 6.07) is 4.96. The van der Waals surface area contributed by atoms with Gasteiger partial charge in [0.05, 0.1) is 24.9 Å². The molecule has 1 fully saturated rings. The molecule has 2 bridgehead atoms. The topological polar surface area (TPSA) is 98.4 Å². The Morgan fingerprint density at radius 1 is 1.32 bits per heavy atom.